The molecular formula is C24H28N2O6. The zero-order valence-electron chi connectivity index (χ0n) is 18.4. The fraction of sp³-hybridized carbons (Fsp3) is 0.333. The first kappa shape index (κ1) is 23.3. The lowest BCUT2D eigenvalue weighted by Gasteiger charge is -2.16. The van der Waals surface area contributed by atoms with Gasteiger partial charge in [0, 0.05) is 24.2 Å². The minimum Gasteiger partial charge on any atom is -0.493 e. The standard InChI is InChI=1S/C24H28N2O6/c1-4-15(2)31-22-20(30-3)10-7-17-13-19(24(29)32-21(17)22)23(28)26-18-8-5-16(6-9-18)14-25-11-12-27/h5-10,13,15,25,27H,4,11-12,14H2,1-3H3,(H,26,28). The van der Waals surface area contributed by atoms with Crippen molar-refractivity contribution in [3.63, 3.8) is 0 Å². The number of fused-ring (bicyclic) bond motifs is 1. The summed E-state index contributed by atoms with van der Waals surface area (Å²) in [4.78, 5) is 25.4. The number of carbonyl (C=O) groups excluding carboxylic acids is 1. The lowest BCUT2D eigenvalue weighted by atomic mass is 10.1. The van der Waals surface area contributed by atoms with Crippen LogP contribution in [0.1, 0.15) is 36.2 Å². The van der Waals surface area contributed by atoms with Gasteiger partial charge in [-0.05, 0) is 49.2 Å². The summed E-state index contributed by atoms with van der Waals surface area (Å²) < 4.78 is 16.8. The number of methoxy groups -OCH3 is 1. The number of benzene rings is 2. The van der Waals surface area contributed by atoms with E-state index >= 15 is 0 Å². The lowest BCUT2D eigenvalue weighted by molar-refractivity contribution is 0.102. The van der Waals surface area contributed by atoms with Gasteiger partial charge >= 0.3 is 5.63 Å². The van der Waals surface area contributed by atoms with Crippen molar-refractivity contribution in [2.75, 3.05) is 25.6 Å². The SMILES string of the molecule is CCC(C)Oc1c(OC)ccc2cc(C(=O)Nc3ccc(CNCCO)cc3)c(=O)oc12. The Bertz CT molecular complexity index is 1120. The first-order valence-corrected chi connectivity index (χ1v) is 10.5. The van der Waals surface area contributed by atoms with Gasteiger partial charge in [-0.25, -0.2) is 4.79 Å². The number of ether oxygens (including phenoxy) is 2. The zero-order chi connectivity index (χ0) is 23.1. The molecule has 1 heterocycles. The molecule has 32 heavy (non-hydrogen) atoms. The Morgan fingerprint density at radius 1 is 1.19 bits per heavy atom. The first-order valence-electron chi connectivity index (χ1n) is 10.5. The van der Waals surface area contributed by atoms with Crippen molar-refractivity contribution < 1.29 is 23.8 Å². The van der Waals surface area contributed by atoms with E-state index < -0.39 is 11.5 Å². The van der Waals surface area contributed by atoms with Crippen LogP contribution in [0.5, 0.6) is 11.5 Å². The summed E-state index contributed by atoms with van der Waals surface area (Å²) in [7, 11) is 1.51. The number of hydrogen-bond donors (Lipinski definition) is 3. The second-order valence-corrected chi connectivity index (χ2v) is 7.35. The molecule has 0 aliphatic carbocycles. The summed E-state index contributed by atoms with van der Waals surface area (Å²) in [5.41, 5.74) is 0.930. The van der Waals surface area contributed by atoms with Gasteiger partial charge in [-0.15, -0.1) is 0 Å². The van der Waals surface area contributed by atoms with Gasteiger partial charge < -0.3 is 29.6 Å². The summed E-state index contributed by atoms with van der Waals surface area (Å²) in [6.07, 6.45) is 0.658. The van der Waals surface area contributed by atoms with E-state index in [1.165, 1.54) is 13.2 Å². The number of carbonyl (C=O) groups is 1. The normalized spacial score (nSPS) is 11.9. The molecule has 0 spiro atoms. The van der Waals surface area contributed by atoms with Gasteiger partial charge in [0.05, 0.1) is 19.8 Å². The monoisotopic (exact) mass is 440 g/mol. The summed E-state index contributed by atoms with van der Waals surface area (Å²) in [6, 6.07) is 12.1. The number of aliphatic hydroxyl groups is 1. The van der Waals surface area contributed by atoms with Crippen LogP contribution in [-0.4, -0.2) is 37.4 Å². The highest BCUT2D eigenvalue weighted by atomic mass is 16.5. The average Bonchev–Trinajstić information content (AvgIpc) is 2.80. The van der Waals surface area contributed by atoms with E-state index in [-0.39, 0.29) is 23.9 Å². The van der Waals surface area contributed by atoms with Gasteiger partial charge in [0.1, 0.15) is 5.56 Å². The number of nitrogens with one attached hydrogen (secondary N) is 2. The van der Waals surface area contributed by atoms with Gasteiger partial charge in [0.2, 0.25) is 5.75 Å². The molecule has 1 unspecified atom stereocenters. The van der Waals surface area contributed by atoms with Crippen LogP contribution in [0.2, 0.25) is 0 Å². The maximum absolute atomic E-state index is 12.7. The zero-order valence-corrected chi connectivity index (χ0v) is 18.4. The average molecular weight is 440 g/mol. The Kier molecular flexibility index (Phi) is 7.86. The number of aliphatic hydroxyl groups excluding tert-OH is 1. The molecule has 0 aliphatic rings. The molecule has 3 rings (SSSR count). The molecule has 0 radical (unpaired) electrons. The Morgan fingerprint density at radius 2 is 1.94 bits per heavy atom. The van der Waals surface area contributed by atoms with E-state index in [2.05, 4.69) is 10.6 Å². The second kappa shape index (κ2) is 10.8. The Morgan fingerprint density at radius 3 is 2.59 bits per heavy atom. The molecular weight excluding hydrogens is 412 g/mol. The smallest absolute Gasteiger partial charge is 0.349 e. The third-order valence-electron chi connectivity index (χ3n) is 5.01. The van der Waals surface area contributed by atoms with Crippen LogP contribution in [0.4, 0.5) is 5.69 Å². The summed E-state index contributed by atoms with van der Waals surface area (Å²) in [5.74, 6) is 0.229. The second-order valence-electron chi connectivity index (χ2n) is 7.35. The number of amides is 1. The van der Waals surface area contributed by atoms with E-state index in [1.807, 2.05) is 26.0 Å². The van der Waals surface area contributed by atoms with Crippen molar-refractivity contribution in [3.05, 3.63) is 64.0 Å². The molecule has 2 aromatic carbocycles. The first-order chi connectivity index (χ1) is 15.5. The summed E-state index contributed by atoms with van der Waals surface area (Å²) in [6.45, 7) is 5.07. The third kappa shape index (κ3) is 5.46. The maximum Gasteiger partial charge on any atom is 0.349 e. The Labute approximate surface area is 186 Å². The minimum absolute atomic E-state index is 0.0700. The fourth-order valence-electron chi connectivity index (χ4n) is 3.07. The van der Waals surface area contributed by atoms with Crippen molar-refractivity contribution in [2.24, 2.45) is 0 Å². The molecule has 0 bridgehead atoms. The van der Waals surface area contributed by atoms with Crippen LogP contribution < -0.4 is 25.7 Å². The van der Waals surface area contributed by atoms with E-state index in [0.717, 1.165) is 12.0 Å². The van der Waals surface area contributed by atoms with E-state index in [4.69, 9.17) is 19.0 Å². The number of rotatable bonds is 10. The molecule has 1 aromatic heterocycles. The molecule has 8 heteroatoms. The molecule has 3 N–H and O–H groups in total. The van der Waals surface area contributed by atoms with Crippen molar-refractivity contribution in [2.45, 2.75) is 32.9 Å². The number of anilines is 1. The molecule has 1 atom stereocenters. The Hall–Kier alpha value is -3.36. The highest BCUT2D eigenvalue weighted by Crippen LogP contribution is 2.36. The van der Waals surface area contributed by atoms with Crippen molar-refractivity contribution in [3.8, 4) is 11.5 Å². The van der Waals surface area contributed by atoms with Crippen molar-refractivity contribution >= 4 is 22.6 Å². The van der Waals surface area contributed by atoms with E-state index in [0.29, 0.717) is 35.7 Å². The van der Waals surface area contributed by atoms with Gasteiger partial charge in [0.25, 0.3) is 5.91 Å². The fourth-order valence-corrected chi connectivity index (χ4v) is 3.07. The van der Waals surface area contributed by atoms with E-state index in [9.17, 15) is 9.59 Å². The van der Waals surface area contributed by atoms with Crippen LogP contribution in [-0.2, 0) is 6.54 Å². The molecule has 0 saturated carbocycles. The Balaban J connectivity index is 1.85. The molecule has 0 fully saturated rings. The molecule has 0 aliphatic heterocycles. The highest BCUT2D eigenvalue weighted by Gasteiger charge is 2.19. The quantitative estimate of drug-likeness (QED) is 0.328. The van der Waals surface area contributed by atoms with Crippen molar-refractivity contribution in [1.29, 1.82) is 0 Å². The predicted molar refractivity (Wildman–Crippen MR) is 123 cm³/mol. The van der Waals surface area contributed by atoms with Crippen LogP contribution in [0, 0.1) is 0 Å². The lowest BCUT2D eigenvalue weighted by Crippen LogP contribution is -2.21. The van der Waals surface area contributed by atoms with Gasteiger partial charge in [-0.1, -0.05) is 19.1 Å². The third-order valence-corrected chi connectivity index (χ3v) is 5.01. The largest absolute Gasteiger partial charge is 0.493 e. The maximum atomic E-state index is 12.7. The molecule has 170 valence electrons. The number of hydrogen-bond acceptors (Lipinski definition) is 7. The van der Waals surface area contributed by atoms with Gasteiger partial charge in [-0.2, -0.15) is 0 Å². The molecule has 0 saturated heterocycles. The molecule has 8 nitrogen and oxygen atoms in total. The summed E-state index contributed by atoms with van der Waals surface area (Å²) in [5, 5.41) is 15.2. The molecule has 3 aromatic rings. The van der Waals surface area contributed by atoms with Gasteiger partial charge in [-0.3, -0.25) is 4.79 Å². The van der Waals surface area contributed by atoms with Crippen LogP contribution in [0.15, 0.2) is 51.7 Å². The van der Waals surface area contributed by atoms with Crippen LogP contribution >= 0.6 is 0 Å². The molecule has 1 amide bonds. The predicted octanol–water partition coefficient (Wildman–Crippen LogP) is 3.31. The van der Waals surface area contributed by atoms with E-state index in [1.54, 1.807) is 24.3 Å². The topological polar surface area (TPSA) is 110 Å². The highest BCUT2D eigenvalue weighted by molar-refractivity contribution is 6.05. The summed E-state index contributed by atoms with van der Waals surface area (Å²) >= 11 is 0. The van der Waals surface area contributed by atoms with Gasteiger partial charge in [0.15, 0.2) is 11.3 Å². The minimum atomic E-state index is -0.762. The van der Waals surface area contributed by atoms with Crippen molar-refractivity contribution in [1.82, 2.24) is 5.32 Å². The van der Waals surface area contributed by atoms with Crippen LogP contribution in [0.25, 0.3) is 11.0 Å². The van der Waals surface area contributed by atoms with Crippen LogP contribution in [0.3, 0.4) is 0 Å².